The lowest BCUT2D eigenvalue weighted by Crippen LogP contribution is -2.48. The standard InChI is InChI=1S/C24H39N3O5/c1-30-22-9-8-20(17-26-12-14-27(15-13-26)24(29)31-2)16-23(22)32-19-21(28)18-25-10-6-4-3-5-7-11-25/h8-9,16,21,28H,3-7,10-15,17-19H2,1-2H3. The number of nitrogens with zero attached hydrogens (tertiary/aromatic N) is 3. The third-order valence-corrected chi connectivity index (χ3v) is 6.29. The van der Waals surface area contributed by atoms with Gasteiger partial charge in [0.15, 0.2) is 11.5 Å². The summed E-state index contributed by atoms with van der Waals surface area (Å²) in [5.41, 5.74) is 1.12. The molecule has 0 aliphatic carbocycles. The van der Waals surface area contributed by atoms with Gasteiger partial charge in [-0.05, 0) is 43.6 Å². The van der Waals surface area contributed by atoms with E-state index in [2.05, 4.69) is 9.80 Å². The molecular formula is C24H39N3O5. The van der Waals surface area contributed by atoms with Gasteiger partial charge in [0.1, 0.15) is 12.7 Å². The van der Waals surface area contributed by atoms with Crippen molar-refractivity contribution in [3.8, 4) is 11.5 Å². The second-order valence-corrected chi connectivity index (χ2v) is 8.75. The molecule has 8 heteroatoms. The van der Waals surface area contributed by atoms with E-state index >= 15 is 0 Å². The van der Waals surface area contributed by atoms with Crippen molar-refractivity contribution >= 4 is 6.09 Å². The summed E-state index contributed by atoms with van der Waals surface area (Å²) in [6.45, 7) is 6.69. The van der Waals surface area contributed by atoms with E-state index in [1.54, 1.807) is 12.0 Å². The fourth-order valence-electron chi connectivity index (χ4n) is 4.44. The van der Waals surface area contributed by atoms with E-state index in [9.17, 15) is 9.90 Å². The average Bonchev–Trinajstić information content (AvgIpc) is 2.79. The Hall–Kier alpha value is -2.03. The fourth-order valence-corrected chi connectivity index (χ4v) is 4.44. The van der Waals surface area contributed by atoms with Crippen LogP contribution in [0.5, 0.6) is 11.5 Å². The molecule has 2 aliphatic rings. The van der Waals surface area contributed by atoms with E-state index in [1.165, 1.54) is 39.2 Å². The molecule has 0 spiro atoms. The summed E-state index contributed by atoms with van der Waals surface area (Å²) < 4.78 is 16.3. The molecule has 3 rings (SSSR count). The summed E-state index contributed by atoms with van der Waals surface area (Å²) in [6.07, 6.45) is 5.51. The number of ether oxygens (including phenoxy) is 3. The van der Waals surface area contributed by atoms with Gasteiger partial charge in [-0.3, -0.25) is 4.90 Å². The van der Waals surface area contributed by atoms with Gasteiger partial charge in [-0.15, -0.1) is 0 Å². The van der Waals surface area contributed by atoms with Crippen LogP contribution in [0.3, 0.4) is 0 Å². The maximum Gasteiger partial charge on any atom is 0.409 e. The Labute approximate surface area is 192 Å². The van der Waals surface area contributed by atoms with Gasteiger partial charge < -0.3 is 29.1 Å². The van der Waals surface area contributed by atoms with Gasteiger partial charge in [0, 0.05) is 39.3 Å². The summed E-state index contributed by atoms with van der Waals surface area (Å²) >= 11 is 0. The molecule has 0 radical (unpaired) electrons. The summed E-state index contributed by atoms with van der Waals surface area (Å²) in [6, 6.07) is 5.95. The van der Waals surface area contributed by atoms with Crippen LogP contribution in [0.1, 0.15) is 37.7 Å². The van der Waals surface area contributed by atoms with Crippen molar-refractivity contribution in [1.82, 2.24) is 14.7 Å². The zero-order valence-corrected chi connectivity index (χ0v) is 19.6. The first-order valence-corrected chi connectivity index (χ1v) is 11.8. The van der Waals surface area contributed by atoms with Crippen molar-refractivity contribution in [2.45, 2.75) is 44.8 Å². The molecule has 2 heterocycles. The molecule has 1 N–H and O–H groups in total. The zero-order valence-electron chi connectivity index (χ0n) is 19.6. The van der Waals surface area contributed by atoms with Gasteiger partial charge in [0.25, 0.3) is 0 Å². The summed E-state index contributed by atoms with van der Waals surface area (Å²) in [5.74, 6) is 1.33. The maximum absolute atomic E-state index is 11.7. The molecule has 1 aromatic rings. The third-order valence-electron chi connectivity index (χ3n) is 6.29. The van der Waals surface area contributed by atoms with Crippen molar-refractivity contribution in [2.24, 2.45) is 0 Å². The Morgan fingerprint density at radius 2 is 1.62 bits per heavy atom. The zero-order chi connectivity index (χ0) is 22.8. The summed E-state index contributed by atoms with van der Waals surface area (Å²) in [4.78, 5) is 18.1. The molecule has 0 saturated carbocycles. The Balaban J connectivity index is 1.50. The van der Waals surface area contributed by atoms with Crippen LogP contribution >= 0.6 is 0 Å². The normalized spacial score (nSPS) is 19.7. The molecule has 32 heavy (non-hydrogen) atoms. The maximum atomic E-state index is 11.7. The van der Waals surface area contributed by atoms with E-state index in [0.717, 1.165) is 38.3 Å². The molecule has 1 aromatic carbocycles. The number of hydrogen-bond acceptors (Lipinski definition) is 7. The molecule has 1 atom stereocenters. The monoisotopic (exact) mass is 449 g/mol. The first-order chi connectivity index (χ1) is 15.6. The van der Waals surface area contributed by atoms with Crippen molar-refractivity contribution in [3.05, 3.63) is 23.8 Å². The number of hydrogen-bond donors (Lipinski definition) is 1. The number of amides is 1. The second-order valence-electron chi connectivity index (χ2n) is 8.75. The number of piperazine rings is 1. The van der Waals surface area contributed by atoms with E-state index in [1.807, 2.05) is 18.2 Å². The highest BCUT2D eigenvalue weighted by Gasteiger charge is 2.22. The minimum atomic E-state index is -0.533. The van der Waals surface area contributed by atoms with Crippen molar-refractivity contribution in [3.63, 3.8) is 0 Å². The number of β-amino-alcohol motifs (C(OH)–C–C–N with tert-alkyl or cyclic N) is 1. The van der Waals surface area contributed by atoms with E-state index in [-0.39, 0.29) is 12.7 Å². The van der Waals surface area contributed by atoms with Crippen LogP contribution in [-0.4, -0.2) is 98.6 Å². The molecular weight excluding hydrogens is 410 g/mol. The Morgan fingerprint density at radius 1 is 0.938 bits per heavy atom. The molecule has 2 aliphatic heterocycles. The fraction of sp³-hybridized carbons (Fsp3) is 0.708. The highest BCUT2D eigenvalue weighted by atomic mass is 16.5. The van der Waals surface area contributed by atoms with E-state index in [4.69, 9.17) is 14.2 Å². The van der Waals surface area contributed by atoms with Crippen LogP contribution in [-0.2, 0) is 11.3 Å². The number of aliphatic hydroxyl groups is 1. The van der Waals surface area contributed by atoms with Crippen molar-refractivity contribution < 1.29 is 24.1 Å². The summed E-state index contributed by atoms with van der Waals surface area (Å²) in [7, 11) is 3.05. The van der Waals surface area contributed by atoms with Gasteiger partial charge in [-0.2, -0.15) is 0 Å². The van der Waals surface area contributed by atoms with Crippen LogP contribution in [0.15, 0.2) is 18.2 Å². The Bertz CT molecular complexity index is 701. The van der Waals surface area contributed by atoms with Crippen molar-refractivity contribution in [2.75, 3.05) is 66.6 Å². The van der Waals surface area contributed by atoms with Gasteiger partial charge in [0.05, 0.1) is 14.2 Å². The van der Waals surface area contributed by atoms with Crippen LogP contribution in [0.4, 0.5) is 4.79 Å². The van der Waals surface area contributed by atoms with Gasteiger partial charge in [-0.1, -0.05) is 25.3 Å². The minimum absolute atomic E-state index is 0.244. The number of carbonyl (C=O) groups is 1. The smallest absolute Gasteiger partial charge is 0.409 e. The molecule has 180 valence electrons. The van der Waals surface area contributed by atoms with E-state index in [0.29, 0.717) is 31.1 Å². The number of rotatable bonds is 8. The van der Waals surface area contributed by atoms with Crippen LogP contribution in [0, 0.1) is 0 Å². The SMILES string of the molecule is COC(=O)N1CCN(Cc2ccc(OC)c(OCC(O)CN3CCCCCCC3)c2)CC1. The topological polar surface area (TPSA) is 74.7 Å². The van der Waals surface area contributed by atoms with Crippen LogP contribution < -0.4 is 9.47 Å². The molecule has 1 unspecified atom stereocenters. The Kier molecular flexibility index (Phi) is 9.89. The van der Waals surface area contributed by atoms with Gasteiger partial charge >= 0.3 is 6.09 Å². The predicted octanol–water partition coefficient (Wildman–Crippen LogP) is 2.58. The lowest BCUT2D eigenvalue weighted by molar-refractivity contribution is 0.0643. The molecule has 0 aromatic heterocycles. The molecule has 0 bridgehead atoms. The average molecular weight is 450 g/mol. The van der Waals surface area contributed by atoms with E-state index < -0.39 is 6.10 Å². The Morgan fingerprint density at radius 3 is 2.28 bits per heavy atom. The molecule has 2 saturated heterocycles. The minimum Gasteiger partial charge on any atom is -0.493 e. The number of likely N-dealkylation sites (tertiary alicyclic amines) is 1. The number of aliphatic hydroxyl groups excluding tert-OH is 1. The second kappa shape index (κ2) is 12.9. The highest BCUT2D eigenvalue weighted by Crippen LogP contribution is 2.29. The van der Waals surface area contributed by atoms with Crippen LogP contribution in [0.25, 0.3) is 0 Å². The largest absolute Gasteiger partial charge is 0.493 e. The van der Waals surface area contributed by atoms with Gasteiger partial charge in [0.2, 0.25) is 0 Å². The lowest BCUT2D eigenvalue weighted by Gasteiger charge is -2.33. The molecule has 2 fully saturated rings. The number of methoxy groups -OCH3 is 2. The quantitative estimate of drug-likeness (QED) is 0.654. The summed E-state index contributed by atoms with van der Waals surface area (Å²) in [5, 5.41) is 10.6. The molecule has 8 nitrogen and oxygen atoms in total. The van der Waals surface area contributed by atoms with Crippen LogP contribution in [0.2, 0.25) is 0 Å². The number of carbonyl (C=O) groups excluding carboxylic acids is 1. The first-order valence-electron chi connectivity index (χ1n) is 11.8. The lowest BCUT2D eigenvalue weighted by atomic mass is 10.1. The van der Waals surface area contributed by atoms with Gasteiger partial charge in [-0.25, -0.2) is 4.79 Å². The predicted molar refractivity (Wildman–Crippen MR) is 123 cm³/mol. The number of benzene rings is 1. The van der Waals surface area contributed by atoms with Crippen molar-refractivity contribution in [1.29, 1.82) is 0 Å². The first kappa shape index (κ1) is 24.6. The highest BCUT2D eigenvalue weighted by molar-refractivity contribution is 5.67. The molecule has 1 amide bonds. The third kappa shape index (κ3) is 7.53.